The van der Waals surface area contributed by atoms with E-state index in [-0.39, 0.29) is 18.1 Å². The number of nitrogens with one attached hydrogen (secondary N) is 1. The molecule has 2 N–H and O–H groups in total. The van der Waals surface area contributed by atoms with Gasteiger partial charge in [0, 0.05) is 25.3 Å². The largest absolute Gasteiger partial charge is 0.491 e. The van der Waals surface area contributed by atoms with Gasteiger partial charge < -0.3 is 15.2 Å². The number of aliphatic hydroxyl groups is 1. The highest BCUT2D eigenvalue weighted by molar-refractivity contribution is 5.33. The van der Waals surface area contributed by atoms with Gasteiger partial charge in [-0.25, -0.2) is 0 Å². The summed E-state index contributed by atoms with van der Waals surface area (Å²) in [4.78, 5) is 0. The molecule has 0 spiro atoms. The van der Waals surface area contributed by atoms with Gasteiger partial charge in [-0.05, 0) is 38.2 Å². The fraction of sp³-hybridized carbons (Fsp3) is 0.647. The molecule has 0 heterocycles. The van der Waals surface area contributed by atoms with Gasteiger partial charge in [0.1, 0.15) is 5.75 Å². The lowest BCUT2D eigenvalue weighted by Gasteiger charge is -2.25. The Morgan fingerprint density at radius 3 is 2.60 bits per heavy atom. The van der Waals surface area contributed by atoms with Crippen molar-refractivity contribution in [3.8, 4) is 5.75 Å². The molecule has 0 fully saturated rings. The second-order valence-corrected chi connectivity index (χ2v) is 6.37. The molecule has 3 nitrogen and oxygen atoms in total. The van der Waals surface area contributed by atoms with E-state index in [0.29, 0.717) is 0 Å². The minimum Gasteiger partial charge on any atom is -0.491 e. The van der Waals surface area contributed by atoms with Crippen LogP contribution in [0.25, 0.3) is 0 Å². The summed E-state index contributed by atoms with van der Waals surface area (Å²) >= 11 is 0. The Labute approximate surface area is 123 Å². The standard InChI is InChI=1S/C17H29NO2/c1-14(2)20-16-9-6-5-8-15(16)12-18-13-17(3,4)10-7-11-19/h5-6,8-9,14,18-19H,7,10-13H2,1-4H3. The van der Waals surface area contributed by atoms with Crippen molar-refractivity contribution in [1.82, 2.24) is 5.32 Å². The van der Waals surface area contributed by atoms with Gasteiger partial charge in [0.15, 0.2) is 0 Å². The van der Waals surface area contributed by atoms with Crippen LogP contribution in [-0.2, 0) is 6.54 Å². The quantitative estimate of drug-likeness (QED) is 0.728. The van der Waals surface area contributed by atoms with Crippen LogP contribution in [0.4, 0.5) is 0 Å². The smallest absolute Gasteiger partial charge is 0.124 e. The fourth-order valence-corrected chi connectivity index (χ4v) is 2.20. The zero-order valence-corrected chi connectivity index (χ0v) is 13.3. The number of benzene rings is 1. The lowest BCUT2D eigenvalue weighted by atomic mass is 9.88. The topological polar surface area (TPSA) is 41.5 Å². The van der Waals surface area contributed by atoms with E-state index < -0.39 is 0 Å². The van der Waals surface area contributed by atoms with Gasteiger partial charge in [0.05, 0.1) is 6.10 Å². The van der Waals surface area contributed by atoms with E-state index in [2.05, 4.69) is 25.2 Å². The number of rotatable bonds is 9. The van der Waals surface area contributed by atoms with Gasteiger partial charge in [-0.15, -0.1) is 0 Å². The van der Waals surface area contributed by atoms with Crippen LogP contribution in [-0.4, -0.2) is 24.4 Å². The van der Waals surface area contributed by atoms with Gasteiger partial charge in [0.2, 0.25) is 0 Å². The lowest BCUT2D eigenvalue weighted by Crippen LogP contribution is -2.29. The van der Waals surface area contributed by atoms with E-state index in [4.69, 9.17) is 9.84 Å². The monoisotopic (exact) mass is 279 g/mol. The molecule has 114 valence electrons. The minimum atomic E-state index is 0.192. The number of hydrogen-bond acceptors (Lipinski definition) is 3. The molecule has 0 aliphatic heterocycles. The van der Waals surface area contributed by atoms with Crippen molar-refractivity contribution < 1.29 is 9.84 Å². The molecule has 0 saturated heterocycles. The molecule has 0 radical (unpaired) electrons. The van der Waals surface area contributed by atoms with Gasteiger partial charge in [-0.1, -0.05) is 32.0 Å². The molecule has 0 saturated carbocycles. The highest BCUT2D eigenvalue weighted by atomic mass is 16.5. The Morgan fingerprint density at radius 1 is 1.25 bits per heavy atom. The first kappa shape index (κ1) is 17.0. The zero-order chi connectivity index (χ0) is 15.0. The Hall–Kier alpha value is -1.06. The van der Waals surface area contributed by atoms with E-state index >= 15 is 0 Å². The van der Waals surface area contributed by atoms with Gasteiger partial charge in [-0.3, -0.25) is 0 Å². The molecular formula is C17H29NO2. The van der Waals surface area contributed by atoms with Crippen molar-refractivity contribution in [3.05, 3.63) is 29.8 Å². The summed E-state index contributed by atoms with van der Waals surface area (Å²) in [6.45, 7) is 10.6. The Bertz CT molecular complexity index is 388. The van der Waals surface area contributed by atoms with Crippen LogP contribution >= 0.6 is 0 Å². The molecule has 3 heteroatoms. The highest BCUT2D eigenvalue weighted by Crippen LogP contribution is 2.22. The number of ether oxygens (including phenoxy) is 1. The number of hydrogen-bond donors (Lipinski definition) is 2. The first-order chi connectivity index (χ1) is 9.44. The molecular weight excluding hydrogens is 250 g/mol. The van der Waals surface area contributed by atoms with Gasteiger partial charge in [0.25, 0.3) is 0 Å². The molecule has 1 aromatic carbocycles. The van der Waals surface area contributed by atoms with Crippen molar-refractivity contribution in [2.75, 3.05) is 13.2 Å². The Morgan fingerprint density at radius 2 is 1.95 bits per heavy atom. The Kier molecular flexibility index (Phi) is 7.03. The van der Waals surface area contributed by atoms with E-state index in [1.165, 1.54) is 5.56 Å². The second kappa shape index (κ2) is 8.28. The summed E-state index contributed by atoms with van der Waals surface area (Å²) in [5.74, 6) is 0.961. The first-order valence-corrected chi connectivity index (χ1v) is 7.51. The van der Waals surface area contributed by atoms with Crippen molar-refractivity contribution in [1.29, 1.82) is 0 Å². The van der Waals surface area contributed by atoms with Crippen LogP contribution in [0.1, 0.15) is 46.1 Å². The summed E-state index contributed by atoms with van der Waals surface area (Å²) in [6.07, 6.45) is 2.08. The van der Waals surface area contributed by atoms with Crippen molar-refractivity contribution >= 4 is 0 Å². The molecule has 0 aliphatic rings. The average Bonchev–Trinajstić information content (AvgIpc) is 2.38. The molecule has 0 bridgehead atoms. The SMILES string of the molecule is CC(C)Oc1ccccc1CNCC(C)(C)CCCO. The predicted octanol–water partition coefficient (Wildman–Crippen LogP) is 3.36. The van der Waals surface area contributed by atoms with Crippen LogP contribution < -0.4 is 10.1 Å². The summed E-state index contributed by atoms with van der Waals surface area (Å²) in [5.41, 5.74) is 1.40. The van der Waals surface area contributed by atoms with Crippen LogP contribution in [0.5, 0.6) is 5.75 Å². The average molecular weight is 279 g/mol. The third-order valence-corrected chi connectivity index (χ3v) is 3.27. The normalized spacial score (nSPS) is 11.9. The molecule has 20 heavy (non-hydrogen) atoms. The van der Waals surface area contributed by atoms with E-state index in [0.717, 1.165) is 31.7 Å². The van der Waals surface area contributed by atoms with Crippen LogP contribution in [0.3, 0.4) is 0 Å². The van der Waals surface area contributed by atoms with Crippen LogP contribution in [0.15, 0.2) is 24.3 Å². The third kappa shape index (κ3) is 6.40. The third-order valence-electron chi connectivity index (χ3n) is 3.27. The zero-order valence-electron chi connectivity index (χ0n) is 13.3. The lowest BCUT2D eigenvalue weighted by molar-refractivity contribution is 0.232. The first-order valence-electron chi connectivity index (χ1n) is 7.51. The summed E-state index contributed by atoms with van der Waals surface area (Å²) in [5, 5.41) is 12.4. The fourth-order valence-electron chi connectivity index (χ4n) is 2.20. The summed E-state index contributed by atoms with van der Waals surface area (Å²) in [7, 11) is 0. The molecule has 0 aliphatic carbocycles. The number of aliphatic hydroxyl groups excluding tert-OH is 1. The van der Waals surface area contributed by atoms with E-state index in [1.807, 2.05) is 32.0 Å². The highest BCUT2D eigenvalue weighted by Gasteiger charge is 2.16. The molecule has 0 amide bonds. The maximum Gasteiger partial charge on any atom is 0.124 e. The second-order valence-electron chi connectivity index (χ2n) is 6.37. The van der Waals surface area contributed by atoms with E-state index in [1.54, 1.807) is 0 Å². The van der Waals surface area contributed by atoms with Crippen molar-refractivity contribution in [2.45, 2.75) is 53.2 Å². The summed E-state index contributed by atoms with van der Waals surface area (Å²) < 4.78 is 5.82. The summed E-state index contributed by atoms with van der Waals surface area (Å²) in [6, 6.07) is 8.17. The van der Waals surface area contributed by atoms with Crippen LogP contribution in [0, 0.1) is 5.41 Å². The molecule has 0 aromatic heterocycles. The maximum atomic E-state index is 8.92. The minimum absolute atomic E-state index is 0.192. The van der Waals surface area contributed by atoms with Crippen LogP contribution in [0.2, 0.25) is 0 Å². The molecule has 0 unspecified atom stereocenters. The molecule has 1 rings (SSSR count). The molecule has 0 atom stereocenters. The Balaban J connectivity index is 2.49. The maximum absolute atomic E-state index is 8.92. The van der Waals surface area contributed by atoms with Crippen molar-refractivity contribution in [2.24, 2.45) is 5.41 Å². The predicted molar refractivity (Wildman–Crippen MR) is 84.0 cm³/mol. The van der Waals surface area contributed by atoms with Crippen molar-refractivity contribution in [3.63, 3.8) is 0 Å². The van der Waals surface area contributed by atoms with Gasteiger partial charge >= 0.3 is 0 Å². The van der Waals surface area contributed by atoms with E-state index in [9.17, 15) is 0 Å². The number of para-hydroxylation sites is 1. The van der Waals surface area contributed by atoms with Gasteiger partial charge in [-0.2, -0.15) is 0 Å². The molecule has 1 aromatic rings.